The molecule has 0 unspecified atom stereocenters. The molecule has 8 nitrogen and oxygen atoms in total. The van der Waals surface area contributed by atoms with Crippen molar-refractivity contribution in [1.82, 2.24) is 14.3 Å². The lowest BCUT2D eigenvalue weighted by Gasteiger charge is -2.32. The molecule has 1 aromatic heterocycles. The largest absolute Gasteiger partial charge is 0.494 e. The molecule has 2 aromatic rings. The summed E-state index contributed by atoms with van der Waals surface area (Å²) >= 11 is 0. The van der Waals surface area contributed by atoms with Gasteiger partial charge < -0.3 is 14.5 Å². The van der Waals surface area contributed by atoms with Crippen LogP contribution >= 0.6 is 0 Å². The van der Waals surface area contributed by atoms with Gasteiger partial charge >= 0.3 is 0 Å². The molecule has 0 amide bonds. The first-order valence-electron chi connectivity index (χ1n) is 11.7. The Morgan fingerprint density at radius 2 is 1.91 bits per heavy atom. The molecule has 0 bridgehead atoms. The van der Waals surface area contributed by atoms with Crippen LogP contribution < -0.4 is 14.5 Å². The number of rotatable bonds is 8. The smallest absolute Gasteiger partial charge is 0.227 e. The molecule has 4 rings (SSSR count). The topological polar surface area (TPSA) is 78.9 Å². The summed E-state index contributed by atoms with van der Waals surface area (Å²) in [5, 5.41) is 0. The molecule has 0 aliphatic carbocycles. The summed E-state index contributed by atoms with van der Waals surface area (Å²) in [7, 11) is 0.853. The van der Waals surface area contributed by atoms with Crippen molar-refractivity contribution in [2.24, 2.45) is 5.92 Å². The third-order valence-corrected chi connectivity index (χ3v) is 7.88. The van der Waals surface area contributed by atoms with Gasteiger partial charge in [0.25, 0.3) is 0 Å². The van der Waals surface area contributed by atoms with Crippen LogP contribution in [0.15, 0.2) is 30.5 Å². The van der Waals surface area contributed by atoms with E-state index in [1.54, 1.807) is 0 Å². The molecule has 9 heteroatoms. The predicted octanol–water partition coefficient (Wildman–Crippen LogP) is 2.94. The minimum absolute atomic E-state index is 0.456. The van der Waals surface area contributed by atoms with Gasteiger partial charge in [-0.1, -0.05) is 6.07 Å². The Bertz CT molecular complexity index is 1050. The number of sulfonamides is 1. The molecule has 0 spiro atoms. The first-order chi connectivity index (χ1) is 15.8. The zero-order valence-corrected chi connectivity index (χ0v) is 20.7. The Labute approximate surface area is 197 Å². The number of hydrogen-bond acceptors (Lipinski definition) is 7. The number of fused-ring (bicyclic) bond motifs is 1. The third kappa shape index (κ3) is 6.14. The van der Waals surface area contributed by atoms with Crippen LogP contribution in [0.25, 0.3) is 0 Å². The number of piperidine rings is 1. The Morgan fingerprint density at radius 3 is 2.64 bits per heavy atom. The number of anilines is 2. The SMILES string of the molecule is CN(C)c1ccnc(N2CCC(CCCOc3ccc4c(c3)CCN(S(C)(=O)=O)C4)CC2)n1. The van der Waals surface area contributed by atoms with Crippen molar-refractivity contribution in [3.8, 4) is 5.75 Å². The summed E-state index contributed by atoms with van der Waals surface area (Å²) in [5.41, 5.74) is 2.27. The monoisotopic (exact) mass is 473 g/mol. The average molecular weight is 474 g/mol. The lowest BCUT2D eigenvalue weighted by molar-refractivity contribution is 0.278. The van der Waals surface area contributed by atoms with Gasteiger partial charge in [0.1, 0.15) is 11.6 Å². The highest BCUT2D eigenvalue weighted by Gasteiger charge is 2.24. The minimum Gasteiger partial charge on any atom is -0.494 e. The molecule has 1 fully saturated rings. The Morgan fingerprint density at radius 1 is 1.12 bits per heavy atom. The standard InChI is InChI=1S/C24H35N5O3S/c1-27(2)23-8-12-25-24(26-23)28-13-9-19(10-14-28)5-4-16-32-22-7-6-21-18-29(33(3,30)31)15-11-20(21)17-22/h6-8,12,17,19H,4-5,9-11,13-16,18H2,1-3H3. The maximum atomic E-state index is 11.8. The van der Waals surface area contributed by atoms with E-state index in [0.717, 1.165) is 61.9 Å². The molecule has 1 saturated heterocycles. The molecule has 180 valence electrons. The predicted molar refractivity (Wildman–Crippen MR) is 131 cm³/mol. The molecule has 0 N–H and O–H groups in total. The molecule has 0 atom stereocenters. The van der Waals surface area contributed by atoms with E-state index in [4.69, 9.17) is 4.74 Å². The lowest BCUT2D eigenvalue weighted by atomic mass is 9.92. The van der Waals surface area contributed by atoms with Gasteiger partial charge in [-0.25, -0.2) is 13.4 Å². The summed E-state index contributed by atoms with van der Waals surface area (Å²) in [6.07, 6.45) is 8.37. The van der Waals surface area contributed by atoms with Crippen LogP contribution in [0, 0.1) is 5.92 Å². The van der Waals surface area contributed by atoms with Gasteiger partial charge in [-0.2, -0.15) is 9.29 Å². The van der Waals surface area contributed by atoms with Gasteiger partial charge in [0.15, 0.2) is 0 Å². The molecular formula is C24H35N5O3S. The van der Waals surface area contributed by atoms with Gasteiger partial charge in [0.05, 0.1) is 12.9 Å². The Kier molecular flexibility index (Phi) is 7.38. The highest BCUT2D eigenvalue weighted by Crippen LogP contribution is 2.27. The van der Waals surface area contributed by atoms with E-state index in [1.807, 2.05) is 43.4 Å². The van der Waals surface area contributed by atoms with Gasteiger partial charge in [-0.05, 0) is 67.3 Å². The highest BCUT2D eigenvalue weighted by molar-refractivity contribution is 7.88. The number of ether oxygens (including phenoxy) is 1. The lowest BCUT2D eigenvalue weighted by Crippen LogP contribution is -2.35. The molecule has 2 aliphatic rings. The van der Waals surface area contributed by atoms with E-state index < -0.39 is 10.0 Å². The summed E-state index contributed by atoms with van der Waals surface area (Å²) in [6, 6.07) is 7.98. The van der Waals surface area contributed by atoms with E-state index in [-0.39, 0.29) is 0 Å². The summed E-state index contributed by atoms with van der Waals surface area (Å²) < 4.78 is 31.1. The van der Waals surface area contributed by atoms with E-state index in [2.05, 4.69) is 20.9 Å². The van der Waals surface area contributed by atoms with Crippen LogP contribution in [0.1, 0.15) is 36.8 Å². The average Bonchev–Trinajstić information content (AvgIpc) is 2.81. The normalized spacial score (nSPS) is 17.6. The zero-order valence-electron chi connectivity index (χ0n) is 19.9. The molecule has 3 heterocycles. The van der Waals surface area contributed by atoms with Crippen LogP contribution in [0.4, 0.5) is 11.8 Å². The number of aromatic nitrogens is 2. The maximum absolute atomic E-state index is 11.8. The van der Waals surface area contributed by atoms with Crippen molar-refractivity contribution < 1.29 is 13.2 Å². The van der Waals surface area contributed by atoms with E-state index in [9.17, 15) is 8.42 Å². The number of nitrogens with zero attached hydrogens (tertiary/aromatic N) is 5. The van der Waals surface area contributed by atoms with E-state index in [0.29, 0.717) is 25.6 Å². The van der Waals surface area contributed by atoms with Crippen molar-refractivity contribution in [3.05, 3.63) is 41.6 Å². The van der Waals surface area contributed by atoms with Crippen LogP contribution in [-0.2, 0) is 23.0 Å². The second-order valence-corrected chi connectivity index (χ2v) is 11.3. The van der Waals surface area contributed by atoms with Crippen molar-refractivity contribution in [2.45, 2.75) is 38.6 Å². The Balaban J connectivity index is 1.19. The van der Waals surface area contributed by atoms with Crippen molar-refractivity contribution in [1.29, 1.82) is 0 Å². The van der Waals surface area contributed by atoms with Gasteiger partial charge in [-0.3, -0.25) is 0 Å². The first kappa shape index (κ1) is 23.8. The van der Waals surface area contributed by atoms with Crippen molar-refractivity contribution in [3.63, 3.8) is 0 Å². The second kappa shape index (κ2) is 10.3. The summed E-state index contributed by atoms with van der Waals surface area (Å²) in [4.78, 5) is 13.4. The van der Waals surface area contributed by atoms with Crippen LogP contribution in [0.5, 0.6) is 5.75 Å². The fourth-order valence-electron chi connectivity index (χ4n) is 4.60. The molecule has 0 radical (unpaired) electrons. The van der Waals surface area contributed by atoms with Gasteiger partial charge in [0, 0.05) is 46.5 Å². The second-order valence-electron chi connectivity index (χ2n) is 9.31. The quantitative estimate of drug-likeness (QED) is 0.546. The maximum Gasteiger partial charge on any atom is 0.227 e. The zero-order chi connectivity index (χ0) is 23.4. The Hall–Kier alpha value is -2.39. The summed E-state index contributed by atoms with van der Waals surface area (Å²) in [5.74, 6) is 3.37. The molecule has 0 saturated carbocycles. The van der Waals surface area contributed by atoms with Crippen LogP contribution in [0.2, 0.25) is 0 Å². The molecule has 1 aromatic carbocycles. The van der Waals surface area contributed by atoms with Gasteiger partial charge in [-0.15, -0.1) is 0 Å². The fourth-order valence-corrected chi connectivity index (χ4v) is 5.40. The van der Waals surface area contributed by atoms with Crippen LogP contribution in [-0.4, -0.2) is 69.3 Å². The van der Waals surface area contributed by atoms with Crippen molar-refractivity contribution in [2.75, 3.05) is 56.4 Å². The fraction of sp³-hybridized carbons (Fsp3) is 0.583. The highest BCUT2D eigenvalue weighted by atomic mass is 32.2. The van der Waals surface area contributed by atoms with E-state index >= 15 is 0 Å². The van der Waals surface area contributed by atoms with Gasteiger partial charge in [0.2, 0.25) is 16.0 Å². The van der Waals surface area contributed by atoms with E-state index in [1.165, 1.54) is 22.5 Å². The molecular weight excluding hydrogens is 438 g/mol. The first-order valence-corrected chi connectivity index (χ1v) is 13.6. The van der Waals surface area contributed by atoms with Crippen molar-refractivity contribution >= 4 is 21.8 Å². The molecule has 33 heavy (non-hydrogen) atoms. The summed E-state index contributed by atoms with van der Waals surface area (Å²) in [6.45, 7) is 3.70. The molecule has 2 aliphatic heterocycles. The number of hydrogen-bond donors (Lipinski definition) is 0. The third-order valence-electron chi connectivity index (χ3n) is 6.63. The van der Waals surface area contributed by atoms with Crippen LogP contribution in [0.3, 0.4) is 0 Å². The minimum atomic E-state index is -3.14. The number of benzene rings is 1.